The van der Waals surface area contributed by atoms with E-state index in [4.69, 9.17) is 4.74 Å². The molecular weight excluding hydrogens is 911 g/mol. The summed E-state index contributed by atoms with van der Waals surface area (Å²) in [4.78, 5) is 24.6. The number of nitrogens with one attached hydrogen (secondary N) is 1. The fraction of sp³-hybridized carbons (Fsp3) is 0.882. The number of amides is 1. The third kappa shape index (κ3) is 59.3. The zero-order valence-electron chi connectivity index (χ0n) is 49.8. The molecule has 1 amide bonds. The Kier molecular flexibility index (Phi) is 62.0. The molecule has 0 aromatic carbocycles. The summed E-state index contributed by atoms with van der Waals surface area (Å²) >= 11 is 0. The monoisotopic (exact) mass is 1040 g/mol. The predicted octanol–water partition coefficient (Wildman–Crippen LogP) is 21.1. The number of hydrogen-bond donors (Lipinski definition) is 3. The van der Waals surface area contributed by atoms with Crippen LogP contribution in [-0.2, 0) is 14.3 Å². The highest BCUT2D eigenvalue weighted by atomic mass is 16.5. The molecule has 0 aromatic heterocycles. The molecule has 0 spiro atoms. The maximum atomic E-state index is 12.5. The summed E-state index contributed by atoms with van der Waals surface area (Å²) in [6, 6.07) is -0.627. The van der Waals surface area contributed by atoms with E-state index >= 15 is 0 Å². The highest BCUT2D eigenvalue weighted by Gasteiger charge is 2.18. The maximum Gasteiger partial charge on any atom is 0.305 e. The molecule has 74 heavy (non-hydrogen) atoms. The number of carbonyl (C=O) groups is 2. The molecule has 0 aliphatic heterocycles. The highest BCUT2D eigenvalue weighted by Crippen LogP contribution is 2.18. The van der Waals surface area contributed by atoms with Crippen LogP contribution in [0.4, 0.5) is 0 Å². The van der Waals surface area contributed by atoms with Gasteiger partial charge in [0.05, 0.1) is 25.4 Å². The molecule has 0 heterocycles. The van der Waals surface area contributed by atoms with Gasteiger partial charge in [0.2, 0.25) is 5.91 Å². The van der Waals surface area contributed by atoms with Gasteiger partial charge in [0.1, 0.15) is 0 Å². The molecule has 2 unspecified atom stereocenters. The van der Waals surface area contributed by atoms with Crippen molar-refractivity contribution in [3.63, 3.8) is 0 Å². The van der Waals surface area contributed by atoms with E-state index in [1.54, 1.807) is 6.08 Å². The van der Waals surface area contributed by atoms with Crippen LogP contribution in [0.2, 0.25) is 0 Å². The van der Waals surface area contributed by atoms with E-state index < -0.39 is 12.1 Å². The second-order valence-electron chi connectivity index (χ2n) is 22.8. The number of aliphatic hydroxyl groups excluding tert-OH is 2. The third-order valence-electron chi connectivity index (χ3n) is 15.4. The number of ether oxygens (including phenoxy) is 1. The molecule has 436 valence electrons. The molecule has 0 saturated carbocycles. The molecule has 0 saturated heterocycles. The summed E-state index contributed by atoms with van der Waals surface area (Å²) in [5.74, 6) is -0.0619. The predicted molar refractivity (Wildman–Crippen MR) is 324 cm³/mol. The van der Waals surface area contributed by atoms with Gasteiger partial charge in [-0.25, -0.2) is 0 Å². The fourth-order valence-electron chi connectivity index (χ4n) is 10.3. The van der Waals surface area contributed by atoms with E-state index in [1.807, 2.05) is 6.08 Å². The Balaban J connectivity index is 3.39. The zero-order valence-corrected chi connectivity index (χ0v) is 49.8. The van der Waals surface area contributed by atoms with Gasteiger partial charge in [-0.3, -0.25) is 9.59 Å². The van der Waals surface area contributed by atoms with E-state index in [9.17, 15) is 19.8 Å². The summed E-state index contributed by atoms with van der Waals surface area (Å²) in [5.41, 5.74) is 0. The van der Waals surface area contributed by atoms with Crippen molar-refractivity contribution in [1.29, 1.82) is 0 Å². The number of carbonyl (C=O) groups excluding carboxylic acids is 2. The minimum atomic E-state index is -0.844. The van der Waals surface area contributed by atoms with Crippen molar-refractivity contribution in [2.75, 3.05) is 13.2 Å². The molecule has 0 fully saturated rings. The molecule has 6 heteroatoms. The van der Waals surface area contributed by atoms with Crippen molar-refractivity contribution in [2.24, 2.45) is 0 Å². The summed E-state index contributed by atoms with van der Waals surface area (Å²) in [6.07, 6.45) is 80.6. The second-order valence-corrected chi connectivity index (χ2v) is 22.8. The SMILES string of the molecule is CCCCC/C=C\C/C=C\CCCCCCCC(=O)OCCCCCCCCCCCCCCCCCCCCCCCCCCCC(=O)NC(CO)C(O)/C=C/CCCCCCCCCCCCCCCCC. The zero-order chi connectivity index (χ0) is 53.6. The molecule has 0 aromatic rings. The number of allylic oxidation sites excluding steroid dienone is 5. The van der Waals surface area contributed by atoms with E-state index in [1.165, 1.54) is 283 Å². The second kappa shape index (κ2) is 63.6. The van der Waals surface area contributed by atoms with E-state index in [0.717, 1.165) is 51.4 Å². The largest absolute Gasteiger partial charge is 0.466 e. The minimum Gasteiger partial charge on any atom is -0.466 e. The van der Waals surface area contributed by atoms with Crippen molar-refractivity contribution in [1.82, 2.24) is 5.32 Å². The van der Waals surface area contributed by atoms with Crippen LogP contribution in [-0.4, -0.2) is 47.4 Å². The Morgan fingerprint density at radius 2 is 0.676 bits per heavy atom. The molecule has 0 aliphatic carbocycles. The van der Waals surface area contributed by atoms with Crippen LogP contribution >= 0.6 is 0 Å². The van der Waals surface area contributed by atoms with Crippen molar-refractivity contribution in [2.45, 2.75) is 373 Å². The highest BCUT2D eigenvalue weighted by molar-refractivity contribution is 5.76. The van der Waals surface area contributed by atoms with Crippen molar-refractivity contribution < 1.29 is 24.5 Å². The van der Waals surface area contributed by atoms with Gasteiger partial charge in [-0.15, -0.1) is 0 Å². The first-order valence-electron chi connectivity index (χ1n) is 33.3. The minimum absolute atomic E-state index is 0.00215. The number of unbranched alkanes of at least 4 members (excludes halogenated alkanes) is 47. The van der Waals surface area contributed by atoms with Gasteiger partial charge in [0.25, 0.3) is 0 Å². The molecule has 0 bridgehead atoms. The Hall–Kier alpha value is -1.92. The van der Waals surface area contributed by atoms with E-state index in [0.29, 0.717) is 19.4 Å². The smallest absolute Gasteiger partial charge is 0.305 e. The first-order valence-corrected chi connectivity index (χ1v) is 33.3. The van der Waals surface area contributed by atoms with Crippen LogP contribution < -0.4 is 5.32 Å². The Morgan fingerprint density at radius 3 is 1.05 bits per heavy atom. The standard InChI is InChI=1S/C68H129NO5/c1-3-5-7-9-11-13-15-17-19-29-33-36-40-44-48-52-56-60-66(71)65(64-70)69-67(72)61-57-53-49-45-41-37-34-30-27-25-23-21-20-22-24-26-28-31-35-39-43-47-51-55-59-63-74-68(73)62-58-54-50-46-42-38-32-18-16-14-12-10-8-6-4-2/h12,14,18,32,56,60,65-66,70-71H,3-11,13,15-17,19-31,33-55,57-59,61-64H2,1-2H3,(H,69,72)/b14-12-,32-18-,60-56+. The lowest BCUT2D eigenvalue weighted by Crippen LogP contribution is -2.45. The van der Waals surface area contributed by atoms with Crippen LogP contribution in [0.3, 0.4) is 0 Å². The lowest BCUT2D eigenvalue weighted by atomic mass is 10.0. The number of aliphatic hydroxyl groups is 2. The first-order chi connectivity index (χ1) is 36.5. The molecule has 6 nitrogen and oxygen atoms in total. The van der Waals surface area contributed by atoms with Gasteiger partial charge < -0.3 is 20.3 Å². The number of hydrogen-bond acceptors (Lipinski definition) is 5. The van der Waals surface area contributed by atoms with Crippen LogP contribution in [0.25, 0.3) is 0 Å². The van der Waals surface area contributed by atoms with Gasteiger partial charge in [0.15, 0.2) is 0 Å². The molecule has 0 radical (unpaired) electrons. The summed E-state index contributed by atoms with van der Waals surface area (Å²) in [5, 5.41) is 23.2. The Morgan fingerprint density at radius 1 is 0.378 bits per heavy atom. The topological polar surface area (TPSA) is 95.9 Å². The van der Waals surface area contributed by atoms with Crippen molar-refractivity contribution in [3.8, 4) is 0 Å². The van der Waals surface area contributed by atoms with Gasteiger partial charge in [-0.05, 0) is 64.2 Å². The van der Waals surface area contributed by atoms with Gasteiger partial charge in [-0.1, -0.05) is 320 Å². The molecule has 3 N–H and O–H groups in total. The average Bonchev–Trinajstić information content (AvgIpc) is 3.40. The third-order valence-corrected chi connectivity index (χ3v) is 15.4. The van der Waals surface area contributed by atoms with Crippen molar-refractivity contribution in [3.05, 3.63) is 36.5 Å². The van der Waals surface area contributed by atoms with Crippen LogP contribution in [0.5, 0.6) is 0 Å². The molecule has 0 aliphatic rings. The Bertz CT molecular complexity index is 1200. The normalized spacial score (nSPS) is 12.8. The fourth-order valence-corrected chi connectivity index (χ4v) is 10.3. The van der Waals surface area contributed by atoms with Crippen LogP contribution in [0.15, 0.2) is 36.5 Å². The molecule has 0 rings (SSSR count). The number of esters is 1. The van der Waals surface area contributed by atoms with Gasteiger partial charge in [0, 0.05) is 12.8 Å². The number of rotatable bonds is 62. The molecule has 2 atom stereocenters. The van der Waals surface area contributed by atoms with E-state index in [-0.39, 0.29) is 18.5 Å². The van der Waals surface area contributed by atoms with E-state index in [2.05, 4.69) is 43.5 Å². The summed E-state index contributed by atoms with van der Waals surface area (Å²) in [7, 11) is 0. The van der Waals surface area contributed by atoms with Crippen LogP contribution in [0.1, 0.15) is 361 Å². The Labute approximate surface area is 462 Å². The van der Waals surface area contributed by atoms with Crippen molar-refractivity contribution >= 4 is 11.9 Å². The molecular formula is C68H129NO5. The summed E-state index contributed by atoms with van der Waals surface area (Å²) in [6.45, 7) is 4.90. The van der Waals surface area contributed by atoms with Gasteiger partial charge in [-0.2, -0.15) is 0 Å². The summed E-state index contributed by atoms with van der Waals surface area (Å²) < 4.78 is 5.48. The quantitative estimate of drug-likeness (QED) is 0.0320. The lowest BCUT2D eigenvalue weighted by Gasteiger charge is -2.20. The van der Waals surface area contributed by atoms with Crippen LogP contribution in [0, 0.1) is 0 Å². The first kappa shape index (κ1) is 72.1. The van der Waals surface area contributed by atoms with Gasteiger partial charge >= 0.3 is 5.97 Å². The average molecular weight is 1040 g/mol. The lowest BCUT2D eigenvalue weighted by molar-refractivity contribution is -0.143. The maximum absolute atomic E-state index is 12.5.